The number of nitrogens with zero attached hydrogens (tertiary/aromatic N) is 6. The molecule has 19 aromatic rings. The van der Waals surface area contributed by atoms with Crippen molar-refractivity contribution in [1.29, 1.82) is 0 Å². The van der Waals surface area contributed by atoms with Gasteiger partial charge >= 0.3 is 0 Å². The Balaban J connectivity index is 0.729. The van der Waals surface area contributed by atoms with Crippen molar-refractivity contribution in [2.24, 2.45) is 0 Å². The molecule has 5 aromatic heterocycles. The van der Waals surface area contributed by atoms with E-state index in [1.165, 1.54) is 92.8 Å². The monoisotopic (exact) mass is 1170 g/mol. The van der Waals surface area contributed by atoms with Crippen LogP contribution in [-0.4, -0.2) is 28.2 Å². The normalized spacial score (nSPS) is 12.1. The highest BCUT2D eigenvalue weighted by Crippen LogP contribution is 2.53. The minimum atomic E-state index is 0.684. The van der Waals surface area contributed by atoms with Crippen LogP contribution in [-0.2, 0) is 0 Å². The van der Waals surface area contributed by atoms with Gasteiger partial charge in [-0.15, -0.1) is 0 Å². The number of hydrogen-bond donors (Lipinski definition) is 0. The van der Waals surface area contributed by atoms with E-state index in [2.05, 4.69) is 334 Å². The minimum Gasteiger partial charge on any atom is -0.309 e. The third-order valence-corrected chi connectivity index (χ3v) is 19.5. The first-order valence-corrected chi connectivity index (χ1v) is 31.6. The first-order valence-electron chi connectivity index (χ1n) is 31.6. The Morgan fingerprint density at radius 1 is 0.196 bits per heavy atom. The van der Waals surface area contributed by atoms with Gasteiger partial charge in [0.15, 0.2) is 5.82 Å². The smallest absolute Gasteiger partial charge is 0.160 e. The van der Waals surface area contributed by atoms with Gasteiger partial charge in [-0.05, 0) is 131 Å². The van der Waals surface area contributed by atoms with E-state index in [0.29, 0.717) is 5.82 Å². The molecular weight excluding hydrogens is 1120 g/mol. The van der Waals surface area contributed by atoms with Gasteiger partial charge < -0.3 is 18.3 Å². The summed E-state index contributed by atoms with van der Waals surface area (Å²) in [6.45, 7) is 0. The van der Waals surface area contributed by atoms with Crippen LogP contribution in [0.15, 0.2) is 315 Å². The molecule has 20 rings (SSSR count). The molecule has 1 aliphatic carbocycles. The molecule has 0 radical (unpaired) electrons. The summed E-state index contributed by atoms with van der Waals surface area (Å²) in [4.78, 5) is 11.2. The Kier molecular flexibility index (Phi) is 10.8. The Morgan fingerprint density at radius 3 is 1.01 bits per heavy atom. The Bertz CT molecular complexity index is 6280. The average Bonchev–Trinajstić information content (AvgIpc) is 1.57. The second kappa shape index (κ2) is 19.6. The number of aromatic nitrogens is 6. The Morgan fingerprint density at radius 2 is 0.543 bits per heavy atom. The van der Waals surface area contributed by atoms with Crippen LogP contribution in [0, 0.1) is 0 Å². The van der Waals surface area contributed by atoms with Crippen molar-refractivity contribution in [2.45, 2.75) is 0 Å². The summed E-state index contributed by atoms with van der Waals surface area (Å²) in [5.41, 5.74) is 25.8. The second-order valence-electron chi connectivity index (χ2n) is 24.3. The zero-order chi connectivity index (χ0) is 60.1. The van der Waals surface area contributed by atoms with Crippen molar-refractivity contribution >= 4 is 98.0 Å². The average molecular weight is 1170 g/mol. The van der Waals surface area contributed by atoms with Gasteiger partial charge in [0, 0.05) is 93.2 Å². The molecule has 0 amide bonds. The Hall–Kier alpha value is -12.4. The molecule has 6 nitrogen and oxygen atoms in total. The summed E-state index contributed by atoms with van der Waals surface area (Å²) in [5, 5.41) is 12.2. The van der Waals surface area contributed by atoms with Crippen molar-refractivity contribution in [3.63, 3.8) is 0 Å². The Labute approximate surface area is 528 Å². The van der Waals surface area contributed by atoms with Gasteiger partial charge in [-0.1, -0.05) is 212 Å². The molecule has 6 heteroatoms. The molecule has 92 heavy (non-hydrogen) atoms. The van der Waals surface area contributed by atoms with Crippen LogP contribution in [0.4, 0.5) is 0 Å². The van der Waals surface area contributed by atoms with Gasteiger partial charge in [-0.3, -0.25) is 0 Å². The summed E-state index contributed by atoms with van der Waals surface area (Å²) in [5.74, 6) is 0.684. The van der Waals surface area contributed by atoms with Crippen molar-refractivity contribution in [1.82, 2.24) is 28.2 Å². The minimum absolute atomic E-state index is 0.684. The molecule has 0 N–H and O–H groups in total. The summed E-state index contributed by atoms with van der Waals surface area (Å²) < 4.78 is 9.73. The van der Waals surface area contributed by atoms with Crippen LogP contribution < -0.4 is 0 Å². The largest absolute Gasteiger partial charge is 0.309 e. The predicted molar refractivity (Wildman–Crippen MR) is 383 cm³/mol. The van der Waals surface area contributed by atoms with E-state index in [0.717, 1.165) is 89.4 Å². The molecular formula is C86H52N6. The summed E-state index contributed by atoms with van der Waals surface area (Å²) >= 11 is 0. The lowest BCUT2D eigenvalue weighted by atomic mass is 9.95. The molecule has 1 aliphatic rings. The van der Waals surface area contributed by atoms with E-state index < -0.39 is 0 Å². The van der Waals surface area contributed by atoms with Gasteiger partial charge in [-0.25, -0.2) is 9.97 Å². The van der Waals surface area contributed by atoms with Crippen LogP contribution in [0.1, 0.15) is 0 Å². The highest BCUT2D eigenvalue weighted by molar-refractivity contribution is 6.25. The standard InChI is InChI=1S/C86H52N6/c1-4-23-53(24-5-1)84-83-67-51-52-73(92-72-42-17-13-32-66(72)82-61(36-22-46-77(82)92)60-35-20-44-75-80(60)64-30-11-15-40-70(64)90(75)56-27-8-3-9-28-56)62-37-18-38-68(78(62)67)85(83)88-86(87-84)54-47-49-57(50-48-54)91-71-41-16-12-31-65(71)81-59(34-21-45-76(81)91)58-33-19-43-74-79(58)63-29-10-14-39-69(63)89(74)55-25-6-2-7-26-55/h1-52H. The number of fused-ring (bicyclic) bond motifs is 15. The number of benzene rings is 14. The summed E-state index contributed by atoms with van der Waals surface area (Å²) in [7, 11) is 0. The zero-order valence-electron chi connectivity index (χ0n) is 49.7. The lowest BCUT2D eigenvalue weighted by Crippen LogP contribution is -1.98. The van der Waals surface area contributed by atoms with E-state index in [4.69, 9.17) is 9.97 Å². The zero-order valence-corrected chi connectivity index (χ0v) is 49.7. The highest BCUT2D eigenvalue weighted by atomic mass is 15.0. The first kappa shape index (κ1) is 50.6. The topological polar surface area (TPSA) is 45.5 Å². The molecule has 0 saturated carbocycles. The predicted octanol–water partition coefficient (Wildman–Crippen LogP) is 22.3. The molecule has 426 valence electrons. The molecule has 0 unspecified atom stereocenters. The molecule has 0 bridgehead atoms. The van der Waals surface area contributed by atoms with Crippen molar-refractivity contribution in [2.75, 3.05) is 0 Å². The number of hydrogen-bond acceptors (Lipinski definition) is 2. The van der Waals surface area contributed by atoms with Gasteiger partial charge in [0.25, 0.3) is 0 Å². The van der Waals surface area contributed by atoms with E-state index in [-0.39, 0.29) is 0 Å². The lowest BCUT2D eigenvalue weighted by molar-refractivity contribution is 1.17. The molecule has 5 heterocycles. The quantitative estimate of drug-likeness (QED) is 0.152. The molecule has 14 aromatic carbocycles. The van der Waals surface area contributed by atoms with E-state index in [9.17, 15) is 0 Å². The lowest BCUT2D eigenvalue weighted by Gasteiger charge is -2.14. The third-order valence-electron chi connectivity index (χ3n) is 19.5. The van der Waals surface area contributed by atoms with E-state index >= 15 is 0 Å². The second-order valence-corrected chi connectivity index (χ2v) is 24.3. The molecule has 0 fully saturated rings. The summed E-state index contributed by atoms with van der Waals surface area (Å²) in [6, 6.07) is 115. The van der Waals surface area contributed by atoms with Gasteiger partial charge in [0.2, 0.25) is 0 Å². The maximum absolute atomic E-state index is 5.63. The van der Waals surface area contributed by atoms with Gasteiger partial charge in [0.05, 0.1) is 61.2 Å². The van der Waals surface area contributed by atoms with Gasteiger partial charge in [0.1, 0.15) is 0 Å². The fraction of sp³-hybridized carbons (Fsp3) is 0. The van der Waals surface area contributed by atoms with Crippen LogP contribution in [0.3, 0.4) is 0 Å². The highest BCUT2D eigenvalue weighted by Gasteiger charge is 2.31. The maximum Gasteiger partial charge on any atom is 0.160 e. The molecule has 0 saturated heterocycles. The third kappa shape index (κ3) is 7.14. The molecule has 0 spiro atoms. The van der Waals surface area contributed by atoms with Gasteiger partial charge in [-0.2, -0.15) is 0 Å². The fourth-order valence-corrected chi connectivity index (χ4v) is 15.8. The van der Waals surface area contributed by atoms with Crippen molar-refractivity contribution < 1.29 is 0 Å². The van der Waals surface area contributed by atoms with E-state index in [1.807, 2.05) is 0 Å². The van der Waals surface area contributed by atoms with Crippen molar-refractivity contribution in [3.8, 4) is 90.0 Å². The fourth-order valence-electron chi connectivity index (χ4n) is 15.8. The number of para-hydroxylation sites is 6. The summed E-state index contributed by atoms with van der Waals surface area (Å²) in [6.07, 6.45) is 0. The SMILES string of the molecule is c1ccc(-c2nc(-c3ccc(-n4c5ccccc5c5c(-c6cccc7c6c6ccccc6n7-c6ccccc6)cccc54)cc3)nc3c2-c2ccc(-n4c5ccccc5c5c(-c6cccc7c6c6ccccc6n7-c6ccccc6)cccc54)c4cccc-3c24)cc1. The molecule has 0 atom stereocenters. The van der Waals surface area contributed by atoms with Crippen LogP contribution in [0.5, 0.6) is 0 Å². The van der Waals surface area contributed by atoms with Crippen LogP contribution in [0.2, 0.25) is 0 Å². The van der Waals surface area contributed by atoms with Crippen molar-refractivity contribution in [3.05, 3.63) is 315 Å². The van der Waals surface area contributed by atoms with E-state index in [1.54, 1.807) is 0 Å². The molecule has 0 aliphatic heterocycles. The first-order chi connectivity index (χ1) is 45.7. The van der Waals surface area contributed by atoms with Crippen LogP contribution >= 0.6 is 0 Å². The maximum atomic E-state index is 5.63. The van der Waals surface area contributed by atoms with Crippen LogP contribution in [0.25, 0.3) is 188 Å². The number of rotatable bonds is 8.